The van der Waals surface area contributed by atoms with Crippen molar-refractivity contribution < 1.29 is 19.1 Å². The normalized spacial score (nSPS) is 11.1. The summed E-state index contributed by atoms with van der Waals surface area (Å²) in [5.41, 5.74) is 6.93. The van der Waals surface area contributed by atoms with Gasteiger partial charge in [0.15, 0.2) is 0 Å². The fraction of sp³-hybridized carbons (Fsp3) is 0.190. The van der Waals surface area contributed by atoms with E-state index in [1.54, 1.807) is 68.5 Å². The van der Waals surface area contributed by atoms with Crippen LogP contribution in [0.2, 0.25) is 0 Å². The minimum atomic E-state index is -0.640. The van der Waals surface area contributed by atoms with Crippen LogP contribution in [0.4, 0.5) is 0 Å². The molecule has 0 fully saturated rings. The minimum Gasteiger partial charge on any atom is -0.426 e. The predicted molar refractivity (Wildman–Crippen MR) is 121 cm³/mol. The third-order valence-corrected chi connectivity index (χ3v) is 4.68. The number of nitrogens with two attached hydrogens (primary N) is 1. The van der Waals surface area contributed by atoms with Gasteiger partial charge in [0.05, 0.1) is 6.42 Å². The fourth-order valence-electron chi connectivity index (χ4n) is 2.30. The molecular weight excluding hydrogens is 424 g/mol. The summed E-state index contributed by atoms with van der Waals surface area (Å²) in [6, 6.07) is 13.1. The van der Waals surface area contributed by atoms with Crippen LogP contribution in [-0.4, -0.2) is 21.7 Å². The molecule has 30 heavy (non-hydrogen) atoms. The summed E-state index contributed by atoms with van der Waals surface area (Å²) in [6.07, 6.45) is 2.90. The van der Waals surface area contributed by atoms with Crippen molar-refractivity contribution in [3.8, 4) is 11.5 Å². The van der Waals surface area contributed by atoms with Crippen molar-refractivity contribution in [2.24, 2.45) is 10.3 Å². The van der Waals surface area contributed by atoms with Crippen LogP contribution in [-0.2, 0) is 9.59 Å². The molecular formula is C21H20N2O5S2. The van der Waals surface area contributed by atoms with E-state index in [1.807, 2.05) is 0 Å². The maximum Gasteiger partial charge on any atom is 0.336 e. The molecule has 0 heterocycles. The number of esters is 2. The van der Waals surface area contributed by atoms with Crippen molar-refractivity contribution >= 4 is 47.2 Å². The van der Waals surface area contributed by atoms with E-state index >= 15 is 0 Å². The van der Waals surface area contributed by atoms with Gasteiger partial charge in [0.25, 0.3) is 0 Å². The Kier molecular flexibility index (Phi) is 8.25. The highest BCUT2D eigenvalue weighted by Gasteiger charge is 2.25. The molecule has 2 rings (SSSR count). The Morgan fingerprint density at radius 2 is 1.63 bits per heavy atom. The highest BCUT2D eigenvalue weighted by molar-refractivity contribution is 7.99. The van der Waals surface area contributed by atoms with E-state index in [0.29, 0.717) is 17.1 Å². The first kappa shape index (κ1) is 23.2. The molecule has 0 radical (unpaired) electrons. The molecule has 0 saturated carbocycles. The van der Waals surface area contributed by atoms with Crippen LogP contribution in [0.3, 0.4) is 0 Å². The molecule has 0 unspecified atom stereocenters. The summed E-state index contributed by atoms with van der Waals surface area (Å²) in [7, 11) is 0. The van der Waals surface area contributed by atoms with Gasteiger partial charge in [0, 0.05) is 32.9 Å². The number of thiocarbonyl (C=S) groups is 1. The standard InChI is InChI=1S/C21H20N2O5S2/c1-21(2,30-23-26)13-19(25)28-16-8-3-14(4-9-16)5-12-18(24)27-17-10-6-15(7-11-17)20(22)29/h3-12H,13H2,1-2H3,(H2,22,29). The summed E-state index contributed by atoms with van der Waals surface area (Å²) in [4.78, 5) is 34.5. The summed E-state index contributed by atoms with van der Waals surface area (Å²) in [5.74, 6) is -0.281. The van der Waals surface area contributed by atoms with Gasteiger partial charge in [-0.1, -0.05) is 24.4 Å². The van der Waals surface area contributed by atoms with E-state index in [2.05, 4.69) is 4.58 Å². The predicted octanol–water partition coefficient (Wildman–Crippen LogP) is 4.43. The van der Waals surface area contributed by atoms with Crippen LogP contribution in [0.5, 0.6) is 11.5 Å². The molecule has 0 spiro atoms. The lowest BCUT2D eigenvalue weighted by Crippen LogP contribution is -2.22. The molecule has 2 aromatic rings. The molecule has 2 N–H and O–H groups in total. The van der Waals surface area contributed by atoms with Gasteiger partial charge in [-0.3, -0.25) is 4.79 Å². The van der Waals surface area contributed by atoms with Gasteiger partial charge in [-0.05, 0) is 61.9 Å². The van der Waals surface area contributed by atoms with Gasteiger partial charge in [0.1, 0.15) is 16.5 Å². The van der Waals surface area contributed by atoms with E-state index in [1.165, 1.54) is 6.08 Å². The van der Waals surface area contributed by atoms with E-state index < -0.39 is 16.7 Å². The van der Waals surface area contributed by atoms with E-state index in [-0.39, 0.29) is 11.4 Å². The monoisotopic (exact) mass is 444 g/mol. The highest BCUT2D eigenvalue weighted by atomic mass is 32.2. The first-order valence-electron chi connectivity index (χ1n) is 8.80. The average molecular weight is 445 g/mol. The first-order chi connectivity index (χ1) is 14.2. The Bertz CT molecular complexity index is 954. The van der Waals surface area contributed by atoms with Crippen molar-refractivity contribution in [3.63, 3.8) is 0 Å². The van der Waals surface area contributed by atoms with Crippen LogP contribution in [0.15, 0.2) is 59.2 Å². The van der Waals surface area contributed by atoms with E-state index in [0.717, 1.165) is 17.5 Å². The zero-order chi connectivity index (χ0) is 22.1. The SMILES string of the molecule is CC(C)(CC(=O)Oc1ccc(C=CC(=O)Oc2ccc(C(N)=S)cc2)cc1)SN=O. The summed E-state index contributed by atoms with van der Waals surface area (Å²) >= 11 is 5.66. The third kappa shape index (κ3) is 7.76. The number of carbonyl (C=O) groups excluding carboxylic acids is 2. The molecule has 0 saturated heterocycles. The lowest BCUT2D eigenvalue weighted by molar-refractivity contribution is -0.134. The van der Waals surface area contributed by atoms with Crippen LogP contribution in [0, 0.1) is 4.91 Å². The quantitative estimate of drug-likeness (QED) is 0.151. The Morgan fingerprint density at radius 3 is 2.20 bits per heavy atom. The number of rotatable bonds is 9. The summed E-state index contributed by atoms with van der Waals surface area (Å²) in [5, 5.41) is 0. The molecule has 0 bridgehead atoms. The number of nitrogens with zero attached hydrogens (tertiary/aromatic N) is 1. The molecule has 0 atom stereocenters. The zero-order valence-electron chi connectivity index (χ0n) is 16.4. The van der Waals surface area contributed by atoms with Crippen LogP contribution in [0.25, 0.3) is 6.08 Å². The number of ether oxygens (including phenoxy) is 2. The maximum absolute atomic E-state index is 12.0. The van der Waals surface area contributed by atoms with Crippen LogP contribution >= 0.6 is 24.2 Å². The van der Waals surface area contributed by atoms with Crippen molar-refractivity contribution in [2.75, 3.05) is 0 Å². The summed E-state index contributed by atoms with van der Waals surface area (Å²) in [6.45, 7) is 3.46. The van der Waals surface area contributed by atoms with Crippen molar-refractivity contribution in [1.29, 1.82) is 0 Å². The molecule has 7 nitrogen and oxygen atoms in total. The van der Waals surface area contributed by atoms with Crippen molar-refractivity contribution in [2.45, 2.75) is 25.0 Å². The molecule has 9 heteroatoms. The number of carbonyl (C=O) groups is 2. The van der Waals surface area contributed by atoms with Crippen molar-refractivity contribution in [1.82, 2.24) is 0 Å². The Morgan fingerprint density at radius 1 is 1.07 bits per heavy atom. The second kappa shape index (κ2) is 10.7. The smallest absolute Gasteiger partial charge is 0.336 e. The van der Waals surface area contributed by atoms with E-state index in [9.17, 15) is 14.5 Å². The number of hydrogen-bond acceptors (Lipinski definition) is 8. The largest absolute Gasteiger partial charge is 0.426 e. The molecule has 156 valence electrons. The lowest BCUT2D eigenvalue weighted by atomic mass is 10.1. The van der Waals surface area contributed by atoms with E-state index in [4.69, 9.17) is 27.4 Å². The highest BCUT2D eigenvalue weighted by Crippen LogP contribution is 2.29. The molecule has 0 aliphatic rings. The van der Waals surface area contributed by atoms with Crippen molar-refractivity contribution in [3.05, 3.63) is 70.6 Å². The molecule has 0 aromatic heterocycles. The lowest BCUT2D eigenvalue weighted by Gasteiger charge is -2.17. The Balaban J connectivity index is 1.89. The molecule has 0 aliphatic heterocycles. The fourth-order valence-corrected chi connectivity index (χ4v) is 2.82. The van der Waals surface area contributed by atoms with Crippen LogP contribution in [0.1, 0.15) is 31.4 Å². The van der Waals surface area contributed by atoms with Gasteiger partial charge in [-0.15, -0.1) is 4.91 Å². The van der Waals surface area contributed by atoms with Gasteiger partial charge in [-0.2, -0.15) is 0 Å². The molecule has 2 aromatic carbocycles. The van der Waals surface area contributed by atoms with Gasteiger partial charge in [0.2, 0.25) is 0 Å². The minimum absolute atomic E-state index is 0.0367. The van der Waals surface area contributed by atoms with Gasteiger partial charge >= 0.3 is 11.9 Å². The topological polar surface area (TPSA) is 108 Å². The number of benzene rings is 2. The average Bonchev–Trinajstić information content (AvgIpc) is 2.67. The first-order valence-corrected chi connectivity index (χ1v) is 9.98. The Labute approximate surface area is 183 Å². The van der Waals surface area contributed by atoms with Gasteiger partial charge < -0.3 is 15.2 Å². The second-order valence-electron chi connectivity index (χ2n) is 6.79. The zero-order valence-corrected chi connectivity index (χ0v) is 18.0. The summed E-state index contributed by atoms with van der Waals surface area (Å²) < 4.78 is 12.6. The third-order valence-electron chi connectivity index (χ3n) is 3.74. The number of hydrogen-bond donors (Lipinski definition) is 1. The van der Waals surface area contributed by atoms with Crippen LogP contribution < -0.4 is 15.2 Å². The Hall–Kier alpha value is -3.04. The maximum atomic E-state index is 12.0. The second-order valence-corrected chi connectivity index (χ2v) is 8.67. The van der Waals surface area contributed by atoms with Gasteiger partial charge in [-0.25, -0.2) is 4.79 Å². The molecule has 0 amide bonds. The molecule has 0 aliphatic carbocycles. The number of nitroso groups, excluding NO2 is 1.